The minimum atomic E-state index is -0.189. The van der Waals surface area contributed by atoms with Gasteiger partial charge >= 0.3 is 0 Å². The van der Waals surface area contributed by atoms with Crippen LogP contribution in [0.1, 0.15) is 35.8 Å². The normalized spacial score (nSPS) is 11.1. The molecule has 0 aliphatic heterocycles. The van der Waals surface area contributed by atoms with Crippen LogP contribution in [0.5, 0.6) is 0 Å². The van der Waals surface area contributed by atoms with Crippen molar-refractivity contribution in [3.63, 3.8) is 0 Å². The Morgan fingerprint density at radius 1 is 1.15 bits per heavy atom. The van der Waals surface area contributed by atoms with Crippen LogP contribution in [-0.4, -0.2) is 30.6 Å². The van der Waals surface area contributed by atoms with Crippen molar-refractivity contribution in [3.05, 3.63) is 72.6 Å². The third-order valence-corrected chi connectivity index (χ3v) is 4.23. The number of pyridine rings is 2. The zero-order chi connectivity index (χ0) is 18.8. The topological polar surface area (TPSA) is 85.6 Å². The number of nitrogens with zero attached hydrogens (tertiary/aromatic N) is 5. The van der Waals surface area contributed by atoms with Gasteiger partial charge in [-0.15, -0.1) is 0 Å². The predicted molar refractivity (Wildman–Crippen MR) is 103 cm³/mol. The second-order valence-electron chi connectivity index (χ2n) is 6.47. The van der Waals surface area contributed by atoms with Gasteiger partial charge in [0.25, 0.3) is 5.91 Å². The molecule has 1 amide bonds. The summed E-state index contributed by atoms with van der Waals surface area (Å²) in [5, 5.41) is 7.77. The fraction of sp³-hybridized carbons (Fsp3) is 0.150. The van der Waals surface area contributed by atoms with Crippen molar-refractivity contribution < 1.29 is 4.79 Å². The average Bonchev–Trinajstić information content (AvgIpc) is 3.22. The second-order valence-corrected chi connectivity index (χ2v) is 6.47. The van der Waals surface area contributed by atoms with Crippen molar-refractivity contribution in [2.75, 3.05) is 5.32 Å². The average molecular weight is 358 g/mol. The van der Waals surface area contributed by atoms with Gasteiger partial charge in [0.2, 0.25) is 0 Å². The van der Waals surface area contributed by atoms with E-state index in [4.69, 9.17) is 0 Å². The Morgan fingerprint density at radius 3 is 2.70 bits per heavy atom. The molecule has 0 bridgehead atoms. The Bertz CT molecular complexity index is 1090. The molecule has 0 saturated carbocycles. The van der Waals surface area contributed by atoms with E-state index in [0.29, 0.717) is 17.1 Å². The number of carbonyl (C=O) groups is 1. The quantitative estimate of drug-likeness (QED) is 0.602. The third-order valence-electron chi connectivity index (χ3n) is 4.23. The molecule has 0 saturated heterocycles. The van der Waals surface area contributed by atoms with E-state index in [1.807, 2.05) is 30.3 Å². The monoisotopic (exact) mass is 358 g/mol. The molecule has 0 unspecified atom stereocenters. The molecule has 1 aromatic carbocycles. The number of amides is 1. The lowest BCUT2D eigenvalue weighted by molar-refractivity contribution is 0.102. The van der Waals surface area contributed by atoms with Crippen LogP contribution in [0.15, 0.2) is 61.3 Å². The fourth-order valence-electron chi connectivity index (χ4n) is 2.80. The lowest BCUT2D eigenvalue weighted by Gasteiger charge is -2.12. The van der Waals surface area contributed by atoms with Crippen molar-refractivity contribution in [1.82, 2.24) is 24.7 Å². The summed E-state index contributed by atoms with van der Waals surface area (Å²) in [6, 6.07) is 13.1. The van der Waals surface area contributed by atoms with Crippen molar-refractivity contribution in [2.24, 2.45) is 0 Å². The standard InChI is InChI=1S/C20H18N6O/c1-13(2)18-9-16(15-5-3-4-6-17(15)25-18)20(27)24-14-7-8-19(22-10-14)26-12-21-11-23-26/h3-13H,1-2H3,(H,24,27). The first kappa shape index (κ1) is 16.8. The summed E-state index contributed by atoms with van der Waals surface area (Å²) in [4.78, 5) is 25.8. The van der Waals surface area contributed by atoms with Crippen molar-refractivity contribution in [1.29, 1.82) is 0 Å². The number of carbonyl (C=O) groups excluding carboxylic acids is 1. The van der Waals surface area contributed by atoms with Gasteiger partial charge in [-0.05, 0) is 30.2 Å². The molecule has 0 radical (unpaired) electrons. The Hall–Kier alpha value is -3.61. The molecule has 134 valence electrons. The summed E-state index contributed by atoms with van der Waals surface area (Å²) in [7, 11) is 0. The smallest absolute Gasteiger partial charge is 0.256 e. The molecule has 27 heavy (non-hydrogen) atoms. The summed E-state index contributed by atoms with van der Waals surface area (Å²) in [6.07, 6.45) is 4.61. The molecule has 4 aromatic rings. The van der Waals surface area contributed by atoms with E-state index in [2.05, 4.69) is 39.2 Å². The molecule has 0 aliphatic carbocycles. The number of rotatable bonds is 4. The van der Waals surface area contributed by atoms with Crippen molar-refractivity contribution in [2.45, 2.75) is 19.8 Å². The van der Waals surface area contributed by atoms with Crippen LogP contribution in [0.3, 0.4) is 0 Å². The zero-order valence-electron chi connectivity index (χ0n) is 15.0. The predicted octanol–water partition coefficient (Wildman–Crippen LogP) is 3.59. The van der Waals surface area contributed by atoms with Gasteiger partial charge in [-0.1, -0.05) is 32.0 Å². The molecule has 0 aliphatic rings. The van der Waals surface area contributed by atoms with E-state index in [0.717, 1.165) is 16.6 Å². The Kier molecular flexibility index (Phi) is 4.33. The molecular weight excluding hydrogens is 340 g/mol. The maximum Gasteiger partial charge on any atom is 0.256 e. The largest absolute Gasteiger partial charge is 0.321 e. The summed E-state index contributed by atoms with van der Waals surface area (Å²) in [5.74, 6) is 0.664. The van der Waals surface area contributed by atoms with E-state index < -0.39 is 0 Å². The molecule has 7 heteroatoms. The van der Waals surface area contributed by atoms with Gasteiger partial charge in [0, 0.05) is 11.1 Å². The van der Waals surface area contributed by atoms with E-state index in [-0.39, 0.29) is 11.8 Å². The lowest BCUT2D eigenvalue weighted by atomic mass is 10.0. The number of hydrogen-bond donors (Lipinski definition) is 1. The SMILES string of the molecule is CC(C)c1cc(C(=O)Nc2ccc(-n3cncn3)nc2)c2ccccc2n1. The molecule has 3 heterocycles. The molecule has 3 aromatic heterocycles. The minimum absolute atomic E-state index is 0.189. The van der Waals surface area contributed by atoms with Gasteiger partial charge in [0.15, 0.2) is 5.82 Å². The molecule has 7 nitrogen and oxygen atoms in total. The Labute approximate surface area is 156 Å². The van der Waals surface area contributed by atoms with Crippen LogP contribution in [0.25, 0.3) is 16.7 Å². The first-order chi connectivity index (χ1) is 13.1. The van der Waals surface area contributed by atoms with Crippen LogP contribution >= 0.6 is 0 Å². The molecule has 0 fully saturated rings. The van der Waals surface area contributed by atoms with Crippen LogP contribution < -0.4 is 5.32 Å². The molecular formula is C20H18N6O. The van der Waals surface area contributed by atoms with Gasteiger partial charge in [0.1, 0.15) is 12.7 Å². The number of aromatic nitrogens is 5. The minimum Gasteiger partial charge on any atom is -0.321 e. The van der Waals surface area contributed by atoms with Gasteiger partial charge in [-0.2, -0.15) is 5.10 Å². The van der Waals surface area contributed by atoms with E-state index in [1.54, 1.807) is 29.3 Å². The van der Waals surface area contributed by atoms with E-state index >= 15 is 0 Å². The van der Waals surface area contributed by atoms with Gasteiger partial charge in [-0.3, -0.25) is 9.78 Å². The maximum absolute atomic E-state index is 12.9. The molecule has 4 rings (SSSR count). The number of nitrogens with one attached hydrogen (secondary N) is 1. The zero-order valence-corrected chi connectivity index (χ0v) is 15.0. The summed E-state index contributed by atoms with van der Waals surface area (Å²) in [6.45, 7) is 4.12. The number of para-hydroxylation sites is 1. The molecule has 1 N–H and O–H groups in total. The number of anilines is 1. The van der Waals surface area contributed by atoms with Crippen LogP contribution in [-0.2, 0) is 0 Å². The third kappa shape index (κ3) is 3.39. The highest BCUT2D eigenvalue weighted by atomic mass is 16.1. The van der Waals surface area contributed by atoms with Crippen LogP contribution in [0.2, 0.25) is 0 Å². The maximum atomic E-state index is 12.9. The van der Waals surface area contributed by atoms with Crippen molar-refractivity contribution in [3.8, 4) is 5.82 Å². The highest BCUT2D eigenvalue weighted by molar-refractivity contribution is 6.12. The fourth-order valence-corrected chi connectivity index (χ4v) is 2.80. The number of hydrogen-bond acceptors (Lipinski definition) is 5. The van der Waals surface area contributed by atoms with Crippen LogP contribution in [0.4, 0.5) is 5.69 Å². The highest BCUT2D eigenvalue weighted by Gasteiger charge is 2.15. The van der Waals surface area contributed by atoms with Crippen molar-refractivity contribution >= 4 is 22.5 Å². The van der Waals surface area contributed by atoms with Gasteiger partial charge in [0.05, 0.1) is 23.0 Å². The summed E-state index contributed by atoms with van der Waals surface area (Å²) < 4.78 is 1.55. The highest BCUT2D eigenvalue weighted by Crippen LogP contribution is 2.23. The van der Waals surface area contributed by atoms with E-state index in [9.17, 15) is 4.79 Å². The summed E-state index contributed by atoms with van der Waals surface area (Å²) in [5.41, 5.74) is 2.91. The van der Waals surface area contributed by atoms with Gasteiger partial charge in [-0.25, -0.2) is 14.6 Å². The molecule has 0 atom stereocenters. The summed E-state index contributed by atoms with van der Waals surface area (Å²) >= 11 is 0. The lowest BCUT2D eigenvalue weighted by Crippen LogP contribution is -2.14. The molecule has 0 spiro atoms. The first-order valence-corrected chi connectivity index (χ1v) is 8.64. The first-order valence-electron chi connectivity index (χ1n) is 8.64. The van der Waals surface area contributed by atoms with Crippen LogP contribution in [0, 0.1) is 0 Å². The van der Waals surface area contributed by atoms with Gasteiger partial charge < -0.3 is 5.32 Å². The van der Waals surface area contributed by atoms with E-state index in [1.165, 1.54) is 6.33 Å². The Balaban J connectivity index is 1.65. The second kappa shape index (κ2) is 6.95. The Morgan fingerprint density at radius 2 is 2.00 bits per heavy atom. The number of benzene rings is 1. The number of fused-ring (bicyclic) bond motifs is 1.